The molecule has 1 nitrogen and oxygen atoms in total. The fourth-order valence-electron chi connectivity index (χ4n) is 2.51. The minimum atomic E-state index is -0.392. The van der Waals surface area contributed by atoms with E-state index in [1.165, 1.54) is 17.7 Å². The van der Waals surface area contributed by atoms with E-state index in [9.17, 15) is 8.78 Å². The number of hydrogen-bond acceptors (Lipinski definition) is 1. The minimum Gasteiger partial charge on any atom is -0.319 e. The van der Waals surface area contributed by atoms with Crippen LogP contribution in [0.2, 0.25) is 0 Å². The normalized spacial score (nSPS) is 12.4. The van der Waals surface area contributed by atoms with Gasteiger partial charge in [-0.1, -0.05) is 28.1 Å². The van der Waals surface area contributed by atoms with E-state index in [0.29, 0.717) is 12.0 Å². The van der Waals surface area contributed by atoms with Crippen molar-refractivity contribution in [2.24, 2.45) is 5.92 Å². The first-order valence-electron chi connectivity index (χ1n) is 6.91. The highest BCUT2D eigenvalue weighted by Crippen LogP contribution is 2.20. The molecule has 0 fully saturated rings. The van der Waals surface area contributed by atoms with Crippen LogP contribution in [0.5, 0.6) is 0 Å². The van der Waals surface area contributed by atoms with Gasteiger partial charge in [-0.3, -0.25) is 0 Å². The largest absolute Gasteiger partial charge is 0.319 e. The van der Waals surface area contributed by atoms with Gasteiger partial charge in [-0.05, 0) is 73.8 Å². The fourth-order valence-corrected chi connectivity index (χ4v) is 2.96. The molecule has 0 heterocycles. The molecular formula is C17H18BrF2N. The highest BCUT2D eigenvalue weighted by Gasteiger charge is 2.14. The lowest BCUT2D eigenvalue weighted by atomic mass is 9.92. The Balaban J connectivity index is 2.13. The predicted octanol–water partition coefficient (Wildman–Crippen LogP) is 4.35. The van der Waals surface area contributed by atoms with Crippen LogP contribution in [0.1, 0.15) is 11.1 Å². The van der Waals surface area contributed by atoms with Gasteiger partial charge in [0.05, 0.1) is 0 Å². The zero-order valence-corrected chi connectivity index (χ0v) is 13.5. The molecule has 1 N–H and O–H groups in total. The van der Waals surface area contributed by atoms with Crippen LogP contribution >= 0.6 is 15.9 Å². The van der Waals surface area contributed by atoms with E-state index in [2.05, 4.69) is 33.4 Å². The van der Waals surface area contributed by atoms with Crippen molar-refractivity contribution >= 4 is 15.9 Å². The van der Waals surface area contributed by atoms with Crippen LogP contribution in [-0.4, -0.2) is 13.6 Å². The first-order chi connectivity index (χ1) is 10.1. The van der Waals surface area contributed by atoms with Crippen molar-refractivity contribution in [2.45, 2.75) is 12.8 Å². The number of benzene rings is 2. The van der Waals surface area contributed by atoms with Crippen molar-refractivity contribution in [3.63, 3.8) is 0 Å². The summed E-state index contributed by atoms with van der Waals surface area (Å²) in [6.07, 6.45) is 1.33. The summed E-state index contributed by atoms with van der Waals surface area (Å²) < 4.78 is 28.1. The van der Waals surface area contributed by atoms with Gasteiger partial charge in [-0.15, -0.1) is 0 Å². The molecule has 2 rings (SSSR count). The van der Waals surface area contributed by atoms with E-state index >= 15 is 0 Å². The molecular weight excluding hydrogens is 336 g/mol. The second-order valence-electron chi connectivity index (χ2n) is 5.20. The summed E-state index contributed by atoms with van der Waals surface area (Å²) in [4.78, 5) is 0. The van der Waals surface area contributed by atoms with Crippen molar-refractivity contribution in [1.82, 2.24) is 5.32 Å². The Bertz CT molecular complexity index is 601. The number of hydrogen-bond donors (Lipinski definition) is 1. The predicted molar refractivity (Wildman–Crippen MR) is 85.3 cm³/mol. The molecule has 112 valence electrons. The van der Waals surface area contributed by atoms with E-state index < -0.39 is 5.82 Å². The standard InChI is InChI=1S/C17H18BrF2N/c1-21-11-13(7-12-3-2-4-15(18)9-12)8-14-10-16(19)5-6-17(14)20/h2-6,9-10,13,21H,7-8,11H2,1H3. The summed E-state index contributed by atoms with van der Waals surface area (Å²) in [5.41, 5.74) is 1.62. The Kier molecular flexibility index (Phi) is 5.88. The maximum Gasteiger partial charge on any atom is 0.126 e. The molecule has 0 spiro atoms. The third-order valence-corrected chi connectivity index (χ3v) is 3.92. The minimum absolute atomic E-state index is 0.209. The third kappa shape index (κ3) is 4.90. The van der Waals surface area contributed by atoms with Gasteiger partial charge in [0, 0.05) is 4.47 Å². The van der Waals surface area contributed by atoms with Gasteiger partial charge in [0.15, 0.2) is 0 Å². The maximum atomic E-state index is 13.8. The molecule has 2 aromatic rings. The topological polar surface area (TPSA) is 12.0 Å². The van der Waals surface area contributed by atoms with Crippen LogP contribution in [0.3, 0.4) is 0 Å². The van der Waals surface area contributed by atoms with E-state index in [1.54, 1.807) is 0 Å². The summed E-state index contributed by atoms with van der Waals surface area (Å²) in [6.45, 7) is 0.752. The monoisotopic (exact) mass is 353 g/mol. The van der Waals surface area contributed by atoms with Crippen LogP contribution < -0.4 is 5.32 Å². The smallest absolute Gasteiger partial charge is 0.126 e. The van der Waals surface area contributed by atoms with E-state index in [0.717, 1.165) is 23.5 Å². The van der Waals surface area contributed by atoms with E-state index in [4.69, 9.17) is 0 Å². The summed E-state index contributed by atoms with van der Waals surface area (Å²) in [5, 5.41) is 3.13. The molecule has 0 amide bonds. The molecule has 1 unspecified atom stereocenters. The highest BCUT2D eigenvalue weighted by atomic mass is 79.9. The van der Waals surface area contributed by atoms with Crippen molar-refractivity contribution in [3.8, 4) is 0 Å². The molecule has 0 aliphatic heterocycles. The molecule has 21 heavy (non-hydrogen) atoms. The average molecular weight is 354 g/mol. The fraction of sp³-hybridized carbons (Fsp3) is 0.294. The molecule has 1 atom stereocenters. The van der Waals surface area contributed by atoms with Crippen molar-refractivity contribution in [3.05, 3.63) is 69.7 Å². The van der Waals surface area contributed by atoms with Gasteiger partial charge in [0.25, 0.3) is 0 Å². The maximum absolute atomic E-state index is 13.8. The second-order valence-corrected chi connectivity index (χ2v) is 6.11. The molecule has 0 aliphatic rings. The summed E-state index contributed by atoms with van der Waals surface area (Å²) in [5.74, 6) is -0.524. The Morgan fingerprint density at radius 3 is 2.62 bits per heavy atom. The summed E-state index contributed by atoms with van der Waals surface area (Å²) in [7, 11) is 1.87. The molecule has 0 aromatic heterocycles. The average Bonchev–Trinajstić information content (AvgIpc) is 2.43. The number of halogens is 3. The van der Waals surface area contributed by atoms with Crippen LogP contribution in [0.25, 0.3) is 0 Å². The molecule has 0 aliphatic carbocycles. The number of nitrogens with one attached hydrogen (secondary N) is 1. The Morgan fingerprint density at radius 1 is 1.10 bits per heavy atom. The van der Waals surface area contributed by atoms with Gasteiger partial charge in [0.1, 0.15) is 11.6 Å². The van der Waals surface area contributed by atoms with Gasteiger partial charge < -0.3 is 5.32 Å². The first kappa shape index (κ1) is 16.1. The first-order valence-corrected chi connectivity index (χ1v) is 7.70. The third-order valence-electron chi connectivity index (χ3n) is 3.42. The quantitative estimate of drug-likeness (QED) is 0.813. The molecule has 0 radical (unpaired) electrons. The summed E-state index contributed by atoms with van der Waals surface area (Å²) >= 11 is 3.45. The molecule has 2 aromatic carbocycles. The second kappa shape index (κ2) is 7.66. The van der Waals surface area contributed by atoms with Gasteiger partial charge in [0.2, 0.25) is 0 Å². The van der Waals surface area contributed by atoms with Gasteiger partial charge >= 0.3 is 0 Å². The Morgan fingerprint density at radius 2 is 1.90 bits per heavy atom. The van der Waals surface area contributed by atoms with Gasteiger partial charge in [-0.2, -0.15) is 0 Å². The lowest BCUT2D eigenvalue weighted by Crippen LogP contribution is -2.23. The van der Waals surface area contributed by atoms with Crippen molar-refractivity contribution in [1.29, 1.82) is 0 Å². The molecule has 0 bridgehead atoms. The molecule has 0 saturated carbocycles. The van der Waals surface area contributed by atoms with Crippen LogP contribution in [-0.2, 0) is 12.8 Å². The van der Waals surface area contributed by atoms with Crippen LogP contribution in [0.15, 0.2) is 46.9 Å². The van der Waals surface area contributed by atoms with E-state index in [1.807, 2.05) is 19.2 Å². The molecule has 4 heteroatoms. The van der Waals surface area contributed by atoms with Gasteiger partial charge in [-0.25, -0.2) is 8.78 Å². The zero-order valence-electron chi connectivity index (χ0n) is 11.9. The highest BCUT2D eigenvalue weighted by molar-refractivity contribution is 9.10. The van der Waals surface area contributed by atoms with E-state index in [-0.39, 0.29) is 11.7 Å². The SMILES string of the molecule is CNCC(Cc1cccc(Br)c1)Cc1cc(F)ccc1F. The van der Waals surface area contributed by atoms with Crippen molar-refractivity contribution < 1.29 is 8.78 Å². The van der Waals surface area contributed by atoms with Crippen molar-refractivity contribution in [2.75, 3.05) is 13.6 Å². The number of rotatable bonds is 6. The Hall–Kier alpha value is -1.26. The van der Waals surface area contributed by atoms with Crippen LogP contribution in [0, 0.1) is 17.6 Å². The Labute approximate surface area is 132 Å². The lowest BCUT2D eigenvalue weighted by molar-refractivity contribution is 0.477. The summed E-state index contributed by atoms with van der Waals surface area (Å²) in [6, 6.07) is 11.7. The molecule has 0 saturated heterocycles. The zero-order chi connectivity index (χ0) is 15.2. The van der Waals surface area contributed by atoms with Crippen LogP contribution in [0.4, 0.5) is 8.78 Å². The lowest BCUT2D eigenvalue weighted by Gasteiger charge is -2.17.